The minimum atomic E-state index is -0.183. The minimum Gasteiger partial charge on any atom is -0.375 e. The predicted octanol–water partition coefficient (Wildman–Crippen LogP) is 4.64. The lowest BCUT2D eigenvalue weighted by atomic mass is 10.2. The number of hydrogen-bond donors (Lipinski definition) is 3. The number of rotatable bonds is 8. The average molecular weight is 406 g/mol. The predicted molar refractivity (Wildman–Crippen MR) is 119 cm³/mol. The van der Waals surface area contributed by atoms with Crippen molar-refractivity contribution in [3.8, 4) is 0 Å². The number of nitrogens with one attached hydrogen (secondary N) is 3. The molecule has 5 nitrogen and oxygen atoms in total. The zero-order valence-corrected chi connectivity index (χ0v) is 17.0. The molecule has 0 spiro atoms. The van der Waals surface area contributed by atoms with Gasteiger partial charge in [0.2, 0.25) is 5.91 Å². The fraction of sp³-hybridized carbons (Fsp3) is 0.130. The maximum Gasteiger partial charge on any atom is 0.251 e. The Morgan fingerprint density at radius 1 is 0.897 bits per heavy atom. The summed E-state index contributed by atoms with van der Waals surface area (Å²) in [5.41, 5.74) is 2.00. The summed E-state index contributed by atoms with van der Waals surface area (Å²) >= 11 is 1.64. The first-order chi connectivity index (χ1) is 14.2. The van der Waals surface area contributed by atoms with Gasteiger partial charge in [-0.2, -0.15) is 0 Å². The molecule has 2 amide bonds. The van der Waals surface area contributed by atoms with E-state index in [1.165, 1.54) is 0 Å². The number of carbonyl (C=O) groups is 2. The zero-order chi connectivity index (χ0) is 20.5. The van der Waals surface area contributed by atoms with Gasteiger partial charge in [-0.05, 0) is 49.4 Å². The van der Waals surface area contributed by atoms with Crippen molar-refractivity contribution in [3.05, 3.63) is 84.4 Å². The molecule has 3 rings (SSSR count). The van der Waals surface area contributed by atoms with Gasteiger partial charge in [-0.15, -0.1) is 0 Å². The van der Waals surface area contributed by atoms with Crippen molar-refractivity contribution in [2.45, 2.75) is 16.7 Å². The van der Waals surface area contributed by atoms with E-state index in [4.69, 9.17) is 0 Å². The summed E-state index contributed by atoms with van der Waals surface area (Å²) < 4.78 is 0. The molecule has 0 saturated heterocycles. The normalized spacial score (nSPS) is 10.2. The number of amides is 2. The third-order valence-electron chi connectivity index (χ3n) is 4.04. The Morgan fingerprint density at radius 2 is 1.66 bits per heavy atom. The Balaban J connectivity index is 1.60. The summed E-state index contributed by atoms with van der Waals surface area (Å²) in [5, 5.41) is 8.78. The molecule has 3 N–H and O–H groups in total. The molecule has 0 aliphatic heterocycles. The first-order valence-electron chi connectivity index (χ1n) is 9.39. The van der Waals surface area contributed by atoms with Crippen LogP contribution in [-0.4, -0.2) is 24.9 Å². The Bertz CT molecular complexity index is 977. The van der Waals surface area contributed by atoms with E-state index in [0.29, 0.717) is 17.8 Å². The molecule has 6 heteroatoms. The second-order valence-corrected chi connectivity index (χ2v) is 7.37. The third kappa shape index (κ3) is 6.12. The smallest absolute Gasteiger partial charge is 0.251 e. The molecular formula is C23H23N3O2S. The molecule has 0 saturated carbocycles. The van der Waals surface area contributed by atoms with Gasteiger partial charge in [0.25, 0.3) is 5.91 Å². The van der Waals surface area contributed by atoms with Crippen molar-refractivity contribution in [1.82, 2.24) is 5.32 Å². The van der Waals surface area contributed by atoms with Crippen molar-refractivity contribution >= 4 is 35.0 Å². The molecule has 0 aliphatic rings. The van der Waals surface area contributed by atoms with Crippen LogP contribution in [0.15, 0.2) is 88.7 Å². The van der Waals surface area contributed by atoms with Crippen molar-refractivity contribution in [3.63, 3.8) is 0 Å². The fourth-order valence-corrected chi connectivity index (χ4v) is 3.64. The van der Waals surface area contributed by atoms with Crippen molar-refractivity contribution < 1.29 is 9.59 Å². The van der Waals surface area contributed by atoms with E-state index in [9.17, 15) is 9.59 Å². The fourth-order valence-electron chi connectivity index (χ4n) is 2.70. The summed E-state index contributed by atoms with van der Waals surface area (Å²) in [6, 6.07) is 24.9. The standard InChI is InChI=1S/C23H23N3O2S/c1-2-24-23(28)17-9-8-10-18(15-17)26-22(27)16-25-20-13-6-7-14-21(20)29-19-11-4-3-5-12-19/h3-15,25H,2,16H2,1H3,(H,24,28)(H,26,27). The van der Waals surface area contributed by atoms with Crippen LogP contribution in [0.1, 0.15) is 17.3 Å². The molecule has 0 atom stereocenters. The lowest BCUT2D eigenvalue weighted by Gasteiger charge is -2.12. The molecule has 0 radical (unpaired) electrons. The maximum absolute atomic E-state index is 12.4. The van der Waals surface area contributed by atoms with Crippen molar-refractivity contribution in [1.29, 1.82) is 0 Å². The van der Waals surface area contributed by atoms with Gasteiger partial charge in [0.15, 0.2) is 0 Å². The number of para-hydroxylation sites is 1. The molecule has 0 unspecified atom stereocenters. The lowest BCUT2D eigenvalue weighted by molar-refractivity contribution is -0.114. The second kappa shape index (κ2) is 10.3. The molecule has 148 valence electrons. The third-order valence-corrected chi connectivity index (χ3v) is 5.13. The van der Waals surface area contributed by atoms with E-state index in [-0.39, 0.29) is 18.4 Å². The Labute approximate surface area is 174 Å². The van der Waals surface area contributed by atoms with E-state index >= 15 is 0 Å². The van der Waals surface area contributed by atoms with Crippen LogP contribution in [0, 0.1) is 0 Å². The second-order valence-electron chi connectivity index (χ2n) is 6.25. The minimum absolute atomic E-state index is 0.123. The maximum atomic E-state index is 12.4. The topological polar surface area (TPSA) is 70.2 Å². The van der Waals surface area contributed by atoms with Crippen molar-refractivity contribution in [2.24, 2.45) is 0 Å². The van der Waals surface area contributed by atoms with E-state index in [1.54, 1.807) is 36.0 Å². The number of anilines is 2. The van der Waals surface area contributed by atoms with Crippen LogP contribution in [0.25, 0.3) is 0 Å². The van der Waals surface area contributed by atoms with Gasteiger partial charge in [-0.25, -0.2) is 0 Å². The van der Waals surface area contributed by atoms with Crippen LogP contribution in [0.5, 0.6) is 0 Å². The molecule has 3 aromatic rings. The monoisotopic (exact) mass is 405 g/mol. The summed E-state index contributed by atoms with van der Waals surface area (Å²) in [5.74, 6) is -0.342. The first-order valence-corrected chi connectivity index (χ1v) is 10.2. The highest BCUT2D eigenvalue weighted by molar-refractivity contribution is 7.99. The van der Waals surface area contributed by atoms with Gasteiger partial charge in [0, 0.05) is 33.3 Å². The van der Waals surface area contributed by atoms with Crippen LogP contribution in [0.3, 0.4) is 0 Å². The van der Waals surface area contributed by atoms with E-state index in [2.05, 4.69) is 28.1 Å². The SMILES string of the molecule is CCNC(=O)c1cccc(NC(=O)CNc2ccccc2Sc2ccccc2)c1. The van der Waals surface area contributed by atoms with Crippen LogP contribution in [0.2, 0.25) is 0 Å². The quantitative estimate of drug-likeness (QED) is 0.511. The number of hydrogen-bond acceptors (Lipinski definition) is 4. The zero-order valence-electron chi connectivity index (χ0n) is 16.1. The van der Waals surface area contributed by atoms with E-state index in [1.807, 2.05) is 49.4 Å². The molecule has 0 bridgehead atoms. The molecule has 3 aromatic carbocycles. The highest BCUT2D eigenvalue weighted by Gasteiger charge is 2.09. The molecule has 0 heterocycles. The summed E-state index contributed by atoms with van der Waals surface area (Å²) in [7, 11) is 0. The van der Waals surface area contributed by atoms with Gasteiger partial charge in [0.05, 0.1) is 6.54 Å². The average Bonchev–Trinajstić information content (AvgIpc) is 2.74. The summed E-state index contributed by atoms with van der Waals surface area (Å²) in [6.07, 6.45) is 0. The highest BCUT2D eigenvalue weighted by Crippen LogP contribution is 2.33. The van der Waals surface area contributed by atoms with Gasteiger partial charge in [-0.1, -0.05) is 48.2 Å². The van der Waals surface area contributed by atoms with Crippen LogP contribution in [-0.2, 0) is 4.79 Å². The lowest BCUT2D eigenvalue weighted by Crippen LogP contribution is -2.24. The Hall–Kier alpha value is -3.25. The van der Waals surface area contributed by atoms with E-state index < -0.39 is 0 Å². The van der Waals surface area contributed by atoms with Crippen LogP contribution in [0.4, 0.5) is 11.4 Å². The number of carbonyl (C=O) groups excluding carboxylic acids is 2. The van der Waals surface area contributed by atoms with E-state index in [0.717, 1.165) is 15.5 Å². The molecular weight excluding hydrogens is 382 g/mol. The summed E-state index contributed by atoms with van der Waals surface area (Å²) in [6.45, 7) is 2.54. The first kappa shape index (κ1) is 20.5. The number of benzene rings is 3. The Kier molecular flexibility index (Phi) is 7.30. The highest BCUT2D eigenvalue weighted by atomic mass is 32.2. The van der Waals surface area contributed by atoms with Crippen LogP contribution < -0.4 is 16.0 Å². The summed E-state index contributed by atoms with van der Waals surface area (Å²) in [4.78, 5) is 26.5. The molecule has 0 aliphatic carbocycles. The van der Waals surface area contributed by atoms with Gasteiger partial charge >= 0.3 is 0 Å². The van der Waals surface area contributed by atoms with Gasteiger partial charge < -0.3 is 16.0 Å². The molecule has 0 fully saturated rings. The molecule has 29 heavy (non-hydrogen) atoms. The largest absolute Gasteiger partial charge is 0.375 e. The Morgan fingerprint density at radius 3 is 2.45 bits per heavy atom. The van der Waals surface area contributed by atoms with Crippen molar-refractivity contribution in [2.75, 3.05) is 23.7 Å². The van der Waals surface area contributed by atoms with Crippen LogP contribution >= 0.6 is 11.8 Å². The molecule has 0 aromatic heterocycles. The van der Waals surface area contributed by atoms with Gasteiger partial charge in [-0.3, -0.25) is 9.59 Å². The van der Waals surface area contributed by atoms with Gasteiger partial charge in [0.1, 0.15) is 0 Å².